The van der Waals surface area contributed by atoms with Gasteiger partial charge in [-0.05, 0) is 36.8 Å². The fourth-order valence-electron chi connectivity index (χ4n) is 1.88. The van der Waals surface area contributed by atoms with Crippen LogP contribution in [0, 0.1) is 6.92 Å². The van der Waals surface area contributed by atoms with Gasteiger partial charge in [0.1, 0.15) is 6.33 Å². The Balaban J connectivity index is 2.61. The maximum Gasteiger partial charge on any atom is 0.161 e. The van der Waals surface area contributed by atoms with Crippen LogP contribution in [0.4, 0.5) is 5.69 Å². The fraction of sp³-hybridized carbons (Fsp3) is 0.0909. The standard InChI is InChI=1S/C11H10N4/c1-7-4-11-14-13-6-15(11)10-3-2-8(12)5-9(7)10/h2-6H,12H2,1H3. The molecule has 3 aromatic rings. The van der Waals surface area contributed by atoms with Crippen molar-refractivity contribution >= 4 is 22.2 Å². The average molecular weight is 198 g/mol. The third kappa shape index (κ3) is 1.08. The number of nitrogens with zero attached hydrogens (tertiary/aromatic N) is 3. The Labute approximate surface area is 86.3 Å². The summed E-state index contributed by atoms with van der Waals surface area (Å²) in [4.78, 5) is 0. The summed E-state index contributed by atoms with van der Waals surface area (Å²) in [6.45, 7) is 2.05. The molecule has 2 heterocycles. The lowest BCUT2D eigenvalue weighted by Crippen LogP contribution is -1.92. The number of benzene rings is 1. The normalized spacial score (nSPS) is 11.3. The lowest BCUT2D eigenvalue weighted by molar-refractivity contribution is 1.11. The topological polar surface area (TPSA) is 56.2 Å². The second kappa shape index (κ2) is 2.70. The number of anilines is 1. The van der Waals surface area contributed by atoms with Crippen LogP contribution in [-0.4, -0.2) is 14.6 Å². The van der Waals surface area contributed by atoms with Gasteiger partial charge in [-0.3, -0.25) is 4.40 Å². The number of nitrogen functional groups attached to an aromatic ring is 1. The molecule has 4 heteroatoms. The molecule has 0 aliphatic carbocycles. The Morgan fingerprint density at radius 3 is 3.00 bits per heavy atom. The Kier molecular flexibility index (Phi) is 1.48. The van der Waals surface area contributed by atoms with Gasteiger partial charge in [0.25, 0.3) is 0 Å². The second-order valence-electron chi connectivity index (χ2n) is 3.66. The van der Waals surface area contributed by atoms with E-state index in [0.29, 0.717) is 0 Å². The Bertz CT molecular complexity index is 654. The van der Waals surface area contributed by atoms with Crippen LogP contribution >= 0.6 is 0 Å². The minimum atomic E-state index is 0.776. The summed E-state index contributed by atoms with van der Waals surface area (Å²) < 4.78 is 1.96. The summed E-state index contributed by atoms with van der Waals surface area (Å²) >= 11 is 0. The van der Waals surface area contributed by atoms with E-state index in [4.69, 9.17) is 5.73 Å². The van der Waals surface area contributed by atoms with Gasteiger partial charge in [0.05, 0.1) is 5.52 Å². The van der Waals surface area contributed by atoms with Gasteiger partial charge < -0.3 is 5.73 Å². The predicted octanol–water partition coefficient (Wildman–Crippen LogP) is 1.77. The lowest BCUT2D eigenvalue weighted by Gasteiger charge is -2.05. The number of pyridine rings is 1. The second-order valence-corrected chi connectivity index (χ2v) is 3.66. The van der Waals surface area contributed by atoms with Gasteiger partial charge in [-0.15, -0.1) is 10.2 Å². The zero-order valence-electron chi connectivity index (χ0n) is 8.31. The van der Waals surface area contributed by atoms with Gasteiger partial charge in [0.2, 0.25) is 0 Å². The van der Waals surface area contributed by atoms with Gasteiger partial charge in [-0.2, -0.15) is 0 Å². The van der Waals surface area contributed by atoms with E-state index in [0.717, 1.165) is 27.8 Å². The maximum atomic E-state index is 5.77. The molecule has 0 aliphatic rings. The van der Waals surface area contributed by atoms with Crippen molar-refractivity contribution in [2.45, 2.75) is 6.92 Å². The Morgan fingerprint density at radius 1 is 1.27 bits per heavy atom. The van der Waals surface area contributed by atoms with Crippen LogP contribution in [0.1, 0.15) is 5.56 Å². The van der Waals surface area contributed by atoms with E-state index in [9.17, 15) is 0 Å². The molecule has 1 aromatic carbocycles. The highest BCUT2D eigenvalue weighted by Crippen LogP contribution is 2.22. The minimum Gasteiger partial charge on any atom is -0.399 e. The molecule has 0 radical (unpaired) electrons. The number of hydrogen-bond donors (Lipinski definition) is 1. The highest BCUT2D eigenvalue weighted by atomic mass is 15.2. The third-order valence-electron chi connectivity index (χ3n) is 2.62. The van der Waals surface area contributed by atoms with Gasteiger partial charge >= 0.3 is 0 Å². The largest absolute Gasteiger partial charge is 0.399 e. The molecule has 0 spiro atoms. The predicted molar refractivity (Wildman–Crippen MR) is 59.6 cm³/mol. The van der Waals surface area contributed by atoms with Crippen molar-refractivity contribution in [2.75, 3.05) is 5.73 Å². The zero-order valence-corrected chi connectivity index (χ0v) is 8.31. The van der Waals surface area contributed by atoms with Crippen LogP contribution in [0.15, 0.2) is 30.6 Å². The first-order valence-electron chi connectivity index (χ1n) is 4.74. The first kappa shape index (κ1) is 8.23. The van der Waals surface area contributed by atoms with E-state index < -0.39 is 0 Å². The molecular weight excluding hydrogens is 188 g/mol. The number of nitrogens with two attached hydrogens (primary N) is 1. The van der Waals surface area contributed by atoms with Crippen molar-refractivity contribution in [3.05, 3.63) is 36.2 Å². The van der Waals surface area contributed by atoms with E-state index in [2.05, 4.69) is 17.1 Å². The Morgan fingerprint density at radius 2 is 2.13 bits per heavy atom. The first-order valence-corrected chi connectivity index (χ1v) is 4.74. The third-order valence-corrected chi connectivity index (χ3v) is 2.62. The summed E-state index contributed by atoms with van der Waals surface area (Å²) in [5, 5.41) is 9.07. The fourth-order valence-corrected chi connectivity index (χ4v) is 1.88. The zero-order chi connectivity index (χ0) is 10.4. The van der Waals surface area contributed by atoms with E-state index in [-0.39, 0.29) is 0 Å². The molecule has 2 N–H and O–H groups in total. The van der Waals surface area contributed by atoms with E-state index in [1.807, 2.05) is 28.7 Å². The number of hydrogen-bond acceptors (Lipinski definition) is 3. The van der Waals surface area contributed by atoms with Crippen molar-refractivity contribution in [3.63, 3.8) is 0 Å². The summed E-state index contributed by atoms with van der Waals surface area (Å²) in [6, 6.07) is 7.87. The van der Waals surface area contributed by atoms with Gasteiger partial charge in [-0.1, -0.05) is 0 Å². The van der Waals surface area contributed by atoms with Crippen molar-refractivity contribution in [2.24, 2.45) is 0 Å². The molecule has 2 aromatic heterocycles. The van der Waals surface area contributed by atoms with Crippen molar-refractivity contribution in [3.8, 4) is 0 Å². The van der Waals surface area contributed by atoms with Crippen LogP contribution in [0.3, 0.4) is 0 Å². The SMILES string of the molecule is Cc1cc2nncn2c2ccc(N)cc12. The molecule has 0 saturated heterocycles. The van der Waals surface area contributed by atoms with Crippen molar-refractivity contribution in [1.82, 2.24) is 14.6 Å². The van der Waals surface area contributed by atoms with E-state index in [1.165, 1.54) is 0 Å². The molecule has 0 atom stereocenters. The molecule has 0 saturated carbocycles. The first-order chi connectivity index (χ1) is 7.25. The van der Waals surface area contributed by atoms with Crippen LogP contribution in [-0.2, 0) is 0 Å². The van der Waals surface area contributed by atoms with Gasteiger partial charge in [0.15, 0.2) is 5.65 Å². The summed E-state index contributed by atoms with van der Waals surface area (Å²) in [5.41, 5.74) is 9.66. The smallest absolute Gasteiger partial charge is 0.161 e. The molecular formula is C11H10N4. The average Bonchev–Trinajstić information content (AvgIpc) is 2.66. The van der Waals surface area contributed by atoms with Crippen LogP contribution < -0.4 is 5.73 Å². The quantitative estimate of drug-likeness (QED) is 0.560. The van der Waals surface area contributed by atoms with E-state index >= 15 is 0 Å². The molecule has 0 aliphatic heterocycles. The lowest BCUT2D eigenvalue weighted by atomic mass is 10.1. The Hall–Kier alpha value is -2.10. The highest BCUT2D eigenvalue weighted by Gasteiger charge is 2.04. The molecule has 0 amide bonds. The number of fused-ring (bicyclic) bond motifs is 3. The molecule has 0 bridgehead atoms. The molecule has 74 valence electrons. The van der Waals surface area contributed by atoms with Gasteiger partial charge in [-0.25, -0.2) is 0 Å². The number of aromatic nitrogens is 3. The summed E-state index contributed by atoms with van der Waals surface area (Å²) in [7, 11) is 0. The monoisotopic (exact) mass is 198 g/mol. The van der Waals surface area contributed by atoms with Gasteiger partial charge in [0, 0.05) is 11.1 Å². The minimum absolute atomic E-state index is 0.776. The summed E-state index contributed by atoms with van der Waals surface area (Å²) in [5.74, 6) is 0. The van der Waals surface area contributed by atoms with Crippen LogP contribution in [0.25, 0.3) is 16.6 Å². The van der Waals surface area contributed by atoms with E-state index in [1.54, 1.807) is 6.33 Å². The number of rotatable bonds is 0. The van der Waals surface area contributed by atoms with Crippen molar-refractivity contribution < 1.29 is 0 Å². The molecule has 0 fully saturated rings. The number of aryl methyl sites for hydroxylation is 1. The van der Waals surface area contributed by atoms with Crippen LogP contribution in [0.2, 0.25) is 0 Å². The molecule has 0 unspecified atom stereocenters. The molecule has 4 nitrogen and oxygen atoms in total. The van der Waals surface area contributed by atoms with Crippen molar-refractivity contribution in [1.29, 1.82) is 0 Å². The maximum absolute atomic E-state index is 5.77. The summed E-state index contributed by atoms with van der Waals surface area (Å²) in [6.07, 6.45) is 1.72. The highest BCUT2D eigenvalue weighted by molar-refractivity contribution is 5.87. The molecule has 3 rings (SSSR count). The van der Waals surface area contributed by atoms with Crippen LogP contribution in [0.5, 0.6) is 0 Å². The molecule has 15 heavy (non-hydrogen) atoms.